The van der Waals surface area contributed by atoms with E-state index in [0.29, 0.717) is 8.01 Å². The van der Waals surface area contributed by atoms with Crippen molar-refractivity contribution in [1.29, 1.82) is 1.34 Å². The van der Waals surface area contributed by atoms with Gasteiger partial charge < -0.3 is 4.65 Å². The monoisotopic (exact) mass is 95.0 g/mol. The molecular weight excluding hydrogens is 89.8 g/mol. The molecule has 0 aliphatic carbocycles. The zero-order valence-corrected chi connectivity index (χ0v) is 5.89. The summed E-state index contributed by atoms with van der Waals surface area (Å²) in [6.45, 7) is 1.24. The molecule has 0 aliphatic heterocycles. The van der Waals surface area contributed by atoms with Gasteiger partial charge in [0.2, 0.25) is 5.97 Å². The average Bonchev–Trinajstić information content (AvgIpc) is 1.35. The van der Waals surface area contributed by atoms with Crippen molar-refractivity contribution < 1.29 is 39.0 Å². The Morgan fingerprint density at radius 2 is 2.67 bits per heavy atom. The van der Waals surface area contributed by atoms with Gasteiger partial charge in [-0.3, -0.25) is 6.13 Å². The minimum Gasteiger partial charge on any atom is -0.757 e. The van der Waals surface area contributed by atoms with Crippen molar-refractivity contribution in [2.75, 3.05) is 0 Å². The fraction of sp³-hybridized carbons (Fsp3) is 0.500. The molecule has 28 valence electrons. The maximum atomic E-state index is 9.67. The van der Waals surface area contributed by atoms with Gasteiger partial charge in [0.05, 0.1) is 0 Å². The Bertz CT molecular complexity index is 59.7. The van der Waals surface area contributed by atoms with Crippen molar-refractivity contribution in [1.82, 2.24) is 0 Å². The molecule has 4 heteroatoms. The smallest absolute Gasteiger partial charge is 0.757 e. The van der Waals surface area contributed by atoms with E-state index in [-0.39, 0.29) is 29.6 Å². The van der Waals surface area contributed by atoms with Crippen LogP contribution in [0.3, 0.4) is 0 Å². The van der Waals surface area contributed by atoms with Crippen molar-refractivity contribution in [3.05, 3.63) is 0 Å². The Labute approximate surface area is 61.3 Å². The van der Waals surface area contributed by atoms with Crippen LogP contribution in [0.5, 0.6) is 0 Å². The molecule has 0 N–H and O–H groups in total. The zero-order chi connectivity index (χ0) is 4.99. The third-order valence-corrected chi connectivity index (χ3v) is 0.166. The molecule has 2 nitrogen and oxygen atoms in total. The van der Waals surface area contributed by atoms with E-state index in [1.54, 1.807) is 0 Å². The number of hydrogen-bond acceptors (Lipinski definition) is 2. The second-order valence-electron chi connectivity index (χ2n) is 0.609. The molecular formula is C2H4BNaO2. The van der Waals surface area contributed by atoms with Crippen LogP contribution in [0.2, 0.25) is 0 Å². The van der Waals surface area contributed by atoms with Gasteiger partial charge in [-0.05, 0) is 0 Å². The topological polar surface area (TPSA) is 26.3 Å². The summed E-state index contributed by atoms with van der Waals surface area (Å²) >= 11 is 0. The molecule has 0 aliphatic rings. The Morgan fingerprint density at radius 1 is 2.17 bits per heavy atom. The third kappa shape index (κ3) is 8.82. The van der Waals surface area contributed by atoms with E-state index in [2.05, 4.69) is 4.65 Å². The molecule has 0 rings (SSSR count). The molecule has 0 fully saturated rings. The van der Waals surface area contributed by atoms with Crippen LogP contribution in [0.1, 0.15) is 6.92 Å². The van der Waals surface area contributed by atoms with Crippen LogP contribution in [0.25, 0.3) is 0 Å². The molecule has 0 unspecified atom stereocenters. The SMILES string of the molecule is [2H][B-]OC(C)=O.[Na+]. The second kappa shape index (κ2) is 5.53. The molecule has 0 aromatic rings. The van der Waals surface area contributed by atoms with E-state index in [0.717, 1.165) is 0 Å². The normalized spacial score (nSPS) is 7.83. The molecule has 0 aromatic heterocycles. The van der Waals surface area contributed by atoms with Crippen molar-refractivity contribution in [3.63, 3.8) is 0 Å². The van der Waals surface area contributed by atoms with Crippen LogP contribution in [0.15, 0.2) is 0 Å². The van der Waals surface area contributed by atoms with Crippen LogP contribution in [0.4, 0.5) is 0 Å². The number of carbonyl (C=O) groups is 1. The minimum absolute atomic E-state index is 0. The molecule has 0 amide bonds. The first kappa shape index (κ1) is 6.53. The number of carbonyl (C=O) groups excluding carboxylic acids is 1. The Morgan fingerprint density at radius 3 is 2.67 bits per heavy atom. The summed E-state index contributed by atoms with van der Waals surface area (Å²) in [6, 6.07) is 0. The maximum absolute atomic E-state index is 9.67. The van der Waals surface area contributed by atoms with Gasteiger partial charge in [-0.25, -0.2) is 0 Å². The van der Waals surface area contributed by atoms with E-state index in [1.165, 1.54) is 6.92 Å². The fourth-order valence-electron chi connectivity index (χ4n) is 0. The van der Waals surface area contributed by atoms with E-state index in [9.17, 15) is 4.79 Å². The number of hydrogen-bond donors (Lipinski definition) is 0. The Balaban J connectivity index is 0. The first-order valence-corrected chi connectivity index (χ1v) is 1.14. The van der Waals surface area contributed by atoms with Gasteiger partial charge in [0.15, 0.2) is 0 Å². The van der Waals surface area contributed by atoms with Gasteiger partial charge in [0.25, 0.3) is 0 Å². The van der Waals surface area contributed by atoms with Gasteiger partial charge in [0, 0.05) is 6.92 Å². The van der Waals surface area contributed by atoms with Gasteiger partial charge >= 0.3 is 29.6 Å². The Kier molecular flexibility index (Phi) is 6.03. The second-order valence-corrected chi connectivity index (χ2v) is 0.609. The quantitative estimate of drug-likeness (QED) is 0.314. The van der Waals surface area contributed by atoms with E-state index >= 15 is 0 Å². The molecule has 2 radical (unpaired) electrons. The molecule has 0 aromatic carbocycles. The predicted octanol–water partition coefficient (Wildman–Crippen LogP) is -3.63. The summed E-state index contributed by atoms with van der Waals surface area (Å²) in [6.07, 6.45) is 0. The van der Waals surface area contributed by atoms with E-state index < -0.39 is 5.97 Å². The molecule has 6 heavy (non-hydrogen) atoms. The van der Waals surface area contributed by atoms with Gasteiger partial charge in [-0.15, -0.1) is 8.01 Å². The summed E-state index contributed by atoms with van der Waals surface area (Å²) in [7, 11) is 0.600. The van der Waals surface area contributed by atoms with Gasteiger partial charge in [0.1, 0.15) is 0 Å². The molecule has 0 saturated carbocycles. The average molecular weight is 94.9 g/mol. The Hall–Kier alpha value is 0.535. The summed E-state index contributed by atoms with van der Waals surface area (Å²) in [5.41, 5.74) is 0. The van der Waals surface area contributed by atoms with Crippen LogP contribution in [0, 0.1) is 0 Å². The molecule has 0 bridgehead atoms. The van der Waals surface area contributed by atoms with Gasteiger partial charge in [-0.1, -0.05) is 0 Å². The first-order valence-electron chi connectivity index (χ1n) is 1.72. The standard InChI is InChI=1S/C2H4BO2.Na/c1-2(4)5-3;/h3H,1H3;/q-1;+1/i3D;. The summed E-state index contributed by atoms with van der Waals surface area (Å²) < 4.78 is 10.1. The third-order valence-electron chi connectivity index (χ3n) is 0.166. The largest absolute Gasteiger partial charge is 1.00 e. The van der Waals surface area contributed by atoms with Crippen molar-refractivity contribution in [2.24, 2.45) is 0 Å². The summed E-state index contributed by atoms with van der Waals surface area (Å²) in [5, 5.41) is 0. The molecule has 0 heterocycles. The minimum atomic E-state index is -0.454. The van der Waals surface area contributed by atoms with E-state index in [1.807, 2.05) is 0 Å². The zero-order valence-electron chi connectivity index (χ0n) is 4.89. The van der Waals surface area contributed by atoms with Crippen molar-refractivity contribution >= 4 is 14.0 Å². The van der Waals surface area contributed by atoms with Gasteiger partial charge in [-0.2, -0.15) is 0 Å². The molecule has 0 atom stereocenters. The number of rotatable bonds is 1. The first-order chi connectivity index (χ1) is 2.77. The van der Waals surface area contributed by atoms with Crippen LogP contribution >= 0.6 is 0 Å². The van der Waals surface area contributed by atoms with E-state index in [4.69, 9.17) is 1.34 Å². The summed E-state index contributed by atoms with van der Waals surface area (Å²) in [5.74, 6) is -0.454. The van der Waals surface area contributed by atoms with Crippen LogP contribution in [-0.2, 0) is 9.45 Å². The maximum Gasteiger partial charge on any atom is 1.00 e. The molecule has 0 spiro atoms. The van der Waals surface area contributed by atoms with Crippen molar-refractivity contribution in [3.8, 4) is 0 Å². The molecule has 0 saturated heterocycles. The van der Waals surface area contributed by atoms with Crippen LogP contribution < -0.4 is 29.6 Å². The van der Waals surface area contributed by atoms with Crippen molar-refractivity contribution in [2.45, 2.75) is 6.92 Å². The van der Waals surface area contributed by atoms with Crippen LogP contribution in [-0.4, -0.2) is 15.3 Å². The predicted molar refractivity (Wildman–Crippen MR) is 18.9 cm³/mol. The fourth-order valence-corrected chi connectivity index (χ4v) is 0. The summed E-state index contributed by atoms with van der Waals surface area (Å²) in [4.78, 5) is 9.67.